The molecule has 3 aromatic carbocycles. The summed E-state index contributed by atoms with van der Waals surface area (Å²) in [5.74, 6) is 0.518. The van der Waals surface area contributed by atoms with E-state index in [1.807, 2.05) is 68.6 Å². The number of carbonyl (C=O) groups excluding carboxylic acids is 2. The Kier molecular flexibility index (Phi) is 7.28. The SMILES string of the molecule is CC(C)C(=O)Nc1ccc(C(=O)NCCc2c[nH]c3cccc(OCc4ccccc4)c23)cc1. The van der Waals surface area contributed by atoms with Crippen LogP contribution in [0.5, 0.6) is 5.75 Å². The van der Waals surface area contributed by atoms with Crippen LogP contribution in [0.25, 0.3) is 10.9 Å². The minimum absolute atomic E-state index is 0.0527. The Hall–Kier alpha value is -4.06. The van der Waals surface area contributed by atoms with Crippen LogP contribution in [0.3, 0.4) is 0 Å². The van der Waals surface area contributed by atoms with Crippen LogP contribution in [0, 0.1) is 5.92 Å². The smallest absolute Gasteiger partial charge is 0.251 e. The summed E-state index contributed by atoms with van der Waals surface area (Å²) >= 11 is 0. The number of amides is 2. The van der Waals surface area contributed by atoms with Crippen molar-refractivity contribution in [3.63, 3.8) is 0 Å². The van der Waals surface area contributed by atoms with Gasteiger partial charge in [0.25, 0.3) is 5.91 Å². The molecule has 0 spiro atoms. The summed E-state index contributed by atoms with van der Waals surface area (Å²) < 4.78 is 6.12. The van der Waals surface area contributed by atoms with Crippen molar-refractivity contribution < 1.29 is 14.3 Å². The average molecular weight is 456 g/mol. The van der Waals surface area contributed by atoms with Crippen LogP contribution < -0.4 is 15.4 Å². The van der Waals surface area contributed by atoms with Gasteiger partial charge in [0.1, 0.15) is 12.4 Å². The molecule has 0 unspecified atom stereocenters. The minimum Gasteiger partial charge on any atom is -0.488 e. The first-order chi connectivity index (χ1) is 16.5. The fraction of sp³-hybridized carbons (Fsp3) is 0.214. The number of nitrogens with one attached hydrogen (secondary N) is 3. The van der Waals surface area contributed by atoms with Gasteiger partial charge >= 0.3 is 0 Å². The Morgan fingerprint density at radius 3 is 2.44 bits per heavy atom. The molecular weight excluding hydrogens is 426 g/mol. The van der Waals surface area contributed by atoms with Crippen molar-refractivity contribution in [1.82, 2.24) is 10.3 Å². The zero-order valence-electron chi connectivity index (χ0n) is 19.4. The highest BCUT2D eigenvalue weighted by molar-refractivity contribution is 5.96. The van der Waals surface area contributed by atoms with E-state index in [1.54, 1.807) is 24.3 Å². The highest BCUT2D eigenvalue weighted by Gasteiger charge is 2.12. The monoisotopic (exact) mass is 455 g/mol. The van der Waals surface area contributed by atoms with Gasteiger partial charge in [-0.05, 0) is 53.9 Å². The largest absolute Gasteiger partial charge is 0.488 e. The molecule has 0 saturated carbocycles. The van der Waals surface area contributed by atoms with Crippen molar-refractivity contribution >= 4 is 28.4 Å². The summed E-state index contributed by atoms with van der Waals surface area (Å²) in [6.07, 6.45) is 2.64. The number of fused-ring (bicyclic) bond motifs is 1. The highest BCUT2D eigenvalue weighted by Crippen LogP contribution is 2.29. The summed E-state index contributed by atoms with van der Waals surface area (Å²) in [6, 6.07) is 22.9. The van der Waals surface area contributed by atoms with E-state index in [1.165, 1.54) is 0 Å². The first kappa shape index (κ1) is 23.1. The van der Waals surface area contributed by atoms with Gasteiger partial charge in [-0.3, -0.25) is 9.59 Å². The van der Waals surface area contributed by atoms with Crippen LogP contribution in [0.15, 0.2) is 79.0 Å². The number of hydrogen-bond acceptors (Lipinski definition) is 3. The average Bonchev–Trinajstić information content (AvgIpc) is 3.27. The number of H-pyrrole nitrogens is 1. The molecule has 2 amide bonds. The maximum absolute atomic E-state index is 12.6. The molecule has 1 aromatic heterocycles. The predicted molar refractivity (Wildman–Crippen MR) is 135 cm³/mol. The van der Waals surface area contributed by atoms with E-state index in [0.29, 0.717) is 30.8 Å². The normalized spacial score (nSPS) is 10.9. The third-order valence-electron chi connectivity index (χ3n) is 5.61. The highest BCUT2D eigenvalue weighted by atomic mass is 16.5. The topological polar surface area (TPSA) is 83.2 Å². The van der Waals surface area contributed by atoms with Crippen LogP contribution in [0.4, 0.5) is 5.69 Å². The summed E-state index contributed by atoms with van der Waals surface area (Å²) in [5.41, 5.74) is 4.43. The molecular formula is C28H29N3O3. The van der Waals surface area contributed by atoms with Gasteiger partial charge in [-0.15, -0.1) is 0 Å². The number of ether oxygens (including phenoxy) is 1. The van der Waals surface area contributed by atoms with Crippen molar-refractivity contribution in [1.29, 1.82) is 0 Å². The number of anilines is 1. The zero-order chi connectivity index (χ0) is 23.9. The maximum atomic E-state index is 12.6. The second-order valence-corrected chi connectivity index (χ2v) is 8.49. The van der Waals surface area contributed by atoms with Gasteiger partial charge in [0, 0.05) is 40.8 Å². The lowest BCUT2D eigenvalue weighted by Gasteiger charge is -2.10. The van der Waals surface area contributed by atoms with Gasteiger partial charge in [-0.1, -0.05) is 50.2 Å². The lowest BCUT2D eigenvalue weighted by Crippen LogP contribution is -2.25. The molecule has 0 saturated heterocycles. The molecule has 0 aliphatic heterocycles. The van der Waals surface area contributed by atoms with Crippen molar-refractivity contribution in [2.75, 3.05) is 11.9 Å². The summed E-state index contributed by atoms with van der Waals surface area (Å²) in [6.45, 7) is 4.66. The standard InChI is InChI=1S/C28H29N3O3/c1-19(2)27(32)31-23-13-11-21(12-14-23)28(33)29-16-15-22-17-30-24-9-6-10-25(26(22)24)34-18-20-7-4-3-5-8-20/h3-14,17,19,30H,15-16,18H2,1-2H3,(H,29,33)(H,31,32). The minimum atomic E-state index is -0.151. The number of rotatable bonds is 9. The molecule has 0 aliphatic carbocycles. The van der Waals surface area contributed by atoms with Gasteiger partial charge < -0.3 is 20.4 Å². The van der Waals surface area contributed by atoms with Gasteiger partial charge in [-0.25, -0.2) is 0 Å². The molecule has 6 nitrogen and oxygen atoms in total. The molecule has 6 heteroatoms. The number of aromatic nitrogens is 1. The quantitative estimate of drug-likeness (QED) is 0.320. The van der Waals surface area contributed by atoms with Crippen LogP contribution in [-0.4, -0.2) is 23.3 Å². The third kappa shape index (κ3) is 5.64. The Morgan fingerprint density at radius 2 is 1.71 bits per heavy atom. The Labute approximate surface area is 199 Å². The number of benzene rings is 3. The molecule has 0 atom stereocenters. The molecule has 4 rings (SSSR count). The molecule has 4 aromatic rings. The lowest BCUT2D eigenvalue weighted by molar-refractivity contribution is -0.118. The second kappa shape index (κ2) is 10.7. The summed E-state index contributed by atoms with van der Waals surface area (Å²) in [7, 11) is 0. The van der Waals surface area contributed by atoms with E-state index >= 15 is 0 Å². The number of carbonyl (C=O) groups is 2. The van der Waals surface area contributed by atoms with Gasteiger partial charge in [0.15, 0.2) is 0 Å². The van der Waals surface area contributed by atoms with Gasteiger partial charge in [0.05, 0.1) is 0 Å². The van der Waals surface area contributed by atoms with E-state index < -0.39 is 0 Å². The first-order valence-corrected chi connectivity index (χ1v) is 11.5. The molecule has 0 bridgehead atoms. The molecule has 1 heterocycles. The zero-order valence-corrected chi connectivity index (χ0v) is 19.4. The molecule has 0 fully saturated rings. The second-order valence-electron chi connectivity index (χ2n) is 8.49. The molecule has 0 radical (unpaired) electrons. The van der Waals surface area contributed by atoms with Crippen molar-refractivity contribution in [2.45, 2.75) is 26.9 Å². The molecule has 0 aliphatic rings. The van der Waals surface area contributed by atoms with Crippen LogP contribution >= 0.6 is 0 Å². The molecule has 34 heavy (non-hydrogen) atoms. The van der Waals surface area contributed by atoms with Crippen molar-refractivity contribution in [3.8, 4) is 5.75 Å². The Bertz CT molecular complexity index is 1260. The maximum Gasteiger partial charge on any atom is 0.251 e. The van der Waals surface area contributed by atoms with Crippen molar-refractivity contribution in [2.24, 2.45) is 5.92 Å². The molecule has 3 N–H and O–H groups in total. The summed E-state index contributed by atoms with van der Waals surface area (Å²) in [4.78, 5) is 27.7. The van der Waals surface area contributed by atoms with Crippen LogP contribution in [0.2, 0.25) is 0 Å². The summed E-state index contributed by atoms with van der Waals surface area (Å²) in [5, 5.41) is 6.84. The van der Waals surface area contributed by atoms with E-state index in [9.17, 15) is 9.59 Å². The van der Waals surface area contributed by atoms with Crippen LogP contribution in [-0.2, 0) is 17.8 Å². The lowest BCUT2D eigenvalue weighted by atomic mass is 10.1. The molecule has 174 valence electrons. The fourth-order valence-electron chi connectivity index (χ4n) is 3.68. The van der Waals surface area contributed by atoms with E-state index in [4.69, 9.17) is 4.74 Å². The number of hydrogen-bond donors (Lipinski definition) is 3. The van der Waals surface area contributed by atoms with Gasteiger partial charge in [0.2, 0.25) is 5.91 Å². The Morgan fingerprint density at radius 1 is 0.941 bits per heavy atom. The number of aromatic amines is 1. The Balaban J connectivity index is 1.36. The first-order valence-electron chi connectivity index (χ1n) is 11.5. The van der Waals surface area contributed by atoms with E-state index in [-0.39, 0.29) is 17.7 Å². The van der Waals surface area contributed by atoms with Crippen LogP contribution in [0.1, 0.15) is 35.3 Å². The predicted octanol–water partition coefficient (Wildman–Crippen LogP) is 5.31. The van der Waals surface area contributed by atoms with Gasteiger partial charge in [-0.2, -0.15) is 0 Å². The van der Waals surface area contributed by atoms with E-state index in [0.717, 1.165) is 27.8 Å². The van der Waals surface area contributed by atoms with Crippen molar-refractivity contribution in [3.05, 3.63) is 95.7 Å². The van der Waals surface area contributed by atoms with E-state index in [2.05, 4.69) is 15.6 Å². The fourth-order valence-corrected chi connectivity index (χ4v) is 3.68. The third-order valence-corrected chi connectivity index (χ3v) is 5.61.